The zero-order chi connectivity index (χ0) is 13.3. The van der Waals surface area contributed by atoms with E-state index in [1.807, 2.05) is 18.2 Å². The minimum atomic E-state index is -0.572. The molecule has 0 bridgehead atoms. The molecule has 1 amide bonds. The number of hydrogen-bond acceptors (Lipinski definition) is 6. The van der Waals surface area contributed by atoms with Crippen molar-refractivity contribution in [1.82, 2.24) is 5.32 Å². The maximum Gasteiger partial charge on any atom is 0.273 e. The SMILES string of the molecule is COc1cccc(N2C(N)=C(N)C(=O)NC2S)c1. The number of nitrogens with zero attached hydrogens (tertiary/aromatic N) is 1. The second kappa shape index (κ2) is 4.69. The van der Waals surface area contributed by atoms with Crippen LogP contribution in [0.15, 0.2) is 35.8 Å². The van der Waals surface area contributed by atoms with Gasteiger partial charge in [-0.05, 0) is 12.1 Å². The molecule has 96 valence electrons. The van der Waals surface area contributed by atoms with Crippen molar-refractivity contribution in [1.29, 1.82) is 0 Å². The molecule has 0 spiro atoms. The van der Waals surface area contributed by atoms with Gasteiger partial charge in [-0.1, -0.05) is 6.07 Å². The highest BCUT2D eigenvalue weighted by Crippen LogP contribution is 2.27. The van der Waals surface area contributed by atoms with Crippen LogP contribution in [0.4, 0.5) is 5.69 Å². The molecule has 1 atom stereocenters. The van der Waals surface area contributed by atoms with Gasteiger partial charge in [-0.25, -0.2) is 0 Å². The van der Waals surface area contributed by atoms with Crippen molar-refractivity contribution in [2.24, 2.45) is 11.5 Å². The average Bonchev–Trinajstić information content (AvgIpc) is 2.36. The third-order valence-electron chi connectivity index (χ3n) is 2.62. The quantitative estimate of drug-likeness (QED) is 0.562. The van der Waals surface area contributed by atoms with Gasteiger partial charge in [-0.2, -0.15) is 0 Å². The summed E-state index contributed by atoms with van der Waals surface area (Å²) in [5, 5.41) is 2.59. The van der Waals surface area contributed by atoms with E-state index in [2.05, 4.69) is 17.9 Å². The first kappa shape index (κ1) is 12.4. The fourth-order valence-electron chi connectivity index (χ4n) is 1.68. The number of carbonyl (C=O) groups excluding carboxylic acids is 1. The lowest BCUT2D eigenvalue weighted by Crippen LogP contribution is -2.53. The average molecular weight is 266 g/mol. The third-order valence-corrected chi connectivity index (χ3v) is 2.98. The molecule has 1 aliphatic heterocycles. The summed E-state index contributed by atoms with van der Waals surface area (Å²) in [6, 6.07) is 7.22. The van der Waals surface area contributed by atoms with E-state index in [1.165, 1.54) is 0 Å². The highest BCUT2D eigenvalue weighted by molar-refractivity contribution is 7.81. The number of benzene rings is 1. The summed E-state index contributed by atoms with van der Waals surface area (Å²) in [6.07, 6.45) is 0. The van der Waals surface area contributed by atoms with Crippen molar-refractivity contribution in [3.05, 3.63) is 35.8 Å². The predicted molar refractivity (Wildman–Crippen MR) is 71.8 cm³/mol. The summed E-state index contributed by atoms with van der Waals surface area (Å²) < 4.78 is 5.14. The standard InChI is InChI=1S/C11H14N4O2S/c1-17-7-4-2-3-6(5-7)15-9(13)8(12)10(16)14-11(15)18/h2-5,11,18H,12-13H2,1H3,(H,14,16). The highest BCUT2D eigenvalue weighted by Gasteiger charge is 2.29. The van der Waals surface area contributed by atoms with Gasteiger partial charge in [0, 0.05) is 11.8 Å². The van der Waals surface area contributed by atoms with Crippen molar-refractivity contribution in [2.75, 3.05) is 12.0 Å². The lowest BCUT2D eigenvalue weighted by atomic mass is 10.2. The largest absolute Gasteiger partial charge is 0.497 e. The van der Waals surface area contributed by atoms with Crippen LogP contribution in [0.25, 0.3) is 0 Å². The number of ether oxygens (including phenoxy) is 1. The third kappa shape index (κ3) is 2.04. The molecule has 0 saturated carbocycles. The Hall–Kier alpha value is -2.02. The van der Waals surface area contributed by atoms with Crippen LogP contribution in [0.5, 0.6) is 5.75 Å². The molecule has 7 heteroatoms. The Kier molecular flexibility index (Phi) is 3.24. The number of hydrogen-bond donors (Lipinski definition) is 4. The molecule has 0 aromatic heterocycles. The monoisotopic (exact) mass is 266 g/mol. The van der Waals surface area contributed by atoms with E-state index in [0.29, 0.717) is 5.75 Å². The first-order chi connectivity index (χ1) is 8.54. The van der Waals surface area contributed by atoms with Gasteiger partial charge in [-0.3, -0.25) is 9.69 Å². The molecular formula is C11H14N4O2S. The Labute approximate surface area is 110 Å². The zero-order valence-corrected chi connectivity index (χ0v) is 10.6. The van der Waals surface area contributed by atoms with Crippen LogP contribution in [-0.2, 0) is 4.79 Å². The number of anilines is 1. The second-order valence-electron chi connectivity index (χ2n) is 3.72. The molecule has 0 radical (unpaired) electrons. The Morgan fingerprint density at radius 3 is 2.83 bits per heavy atom. The second-order valence-corrected chi connectivity index (χ2v) is 4.21. The smallest absolute Gasteiger partial charge is 0.273 e. The molecule has 5 N–H and O–H groups in total. The topological polar surface area (TPSA) is 93.6 Å². The number of methoxy groups -OCH3 is 1. The first-order valence-electron chi connectivity index (χ1n) is 5.22. The van der Waals surface area contributed by atoms with Crippen LogP contribution in [0.3, 0.4) is 0 Å². The van der Waals surface area contributed by atoms with Gasteiger partial charge >= 0.3 is 0 Å². The molecule has 0 fully saturated rings. The number of carbonyl (C=O) groups is 1. The molecule has 1 unspecified atom stereocenters. The molecule has 1 aliphatic rings. The summed E-state index contributed by atoms with van der Waals surface area (Å²) in [6.45, 7) is 0. The molecule has 1 aromatic carbocycles. The molecule has 1 heterocycles. The van der Waals surface area contributed by atoms with E-state index in [0.717, 1.165) is 5.69 Å². The Morgan fingerprint density at radius 1 is 1.44 bits per heavy atom. The number of thiol groups is 1. The van der Waals surface area contributed by atoms with E-state index in [-0.39, 0.29) is 11.5 Å². The number of rotatable bonds is 2. The summed E-state index contributed by atoms with van der Waals surface area (Å²) in [4.78, 5) is 13.1. The van der Waals surface area contributed by atoms with Crippen molar-refractivity contribution < 1.29 is 9.53 Å². The van der Waals surface area contributed by atoms with Crippen LogP contribution in [0, 0.1) is 0 Å². The van der Waals surface area contributed by atoms with E-state index in [1.54, 1.807) is 18.1 Å². The first-order valence-corrected chi connectivity index (χ1v) is 5.73. The number of amides is 1. The molecule has 6 nitrogen and oxygen atoms in total. The van der Waals surface area contributed by atoms with Gasteiger partial charge in [0.15, 0.2) is 5.50 Å². The van der Waals surface area contributed by atoms with Crippen molar-refractivity contribution in [3.8, 4) is 5.75 Å². The molecule has 2 rings (SSSR count). The molecule has 0 saturated heterocycles. The van der Waals surface area contributed by atoms with Crippen LogP contribution in [-0.4, -0.2) is 18.5 Å². The van der Waals surface area contributed by atoms with Crippen LogP contribution >= 0.6 is 12.6 Å². The number of nitrogens with one attached hydrogen (secondary N) is 1. The van der Waals surface area contributed by atoms with Crippen LogP contribution < -0.4 is 26.4 Å². The van der Waals surface area contributed by atoms with Gasteiger partial charge in [-0.15, -0.1) is 12.6 Å². The molecule has 1 aromatic rings. The van der Waals surface area contributed by atoms with Crippen molar-refractivity contribution in [3.63, 3.8) is 0 Å². The van der Waals surface area contributed by atoms with E-state index < -0.39 is 11.4 Å². The number of nitrogens with two attached hydrogens (primary N) is 2. The van der Waals surface area contributed by atoms with Crippen molar-refractivity contribution in [2.45, 2.75) is 5.50 Å². The molecular weight excluding hydrogens is 252 g/mol. The van der Waals surface area contributed by atoms with Crippen LogP contribution in [0.1, 0.15) is 0 Å². The van der Waals surface area contributed by atoms with Gasteiger partial charge in [0.25, 0.3) is 5.91 Å². The minimum absolute atomic E-state index is 0.0249. The lowest BCUT2D eigenvalue weighted by Gasteiger charge is -2.35. The van der Waals surface area contributed by atoms with Gasteiger partial charge in [0.2, 0.25) is 0 Å². The maximum atomic E-state index is 11.4. The van der Waals surface area contributed by atoms with Gasteiger partial charge in [0.05, 0.1) is 7.11 Å². The lowest BCUT2D eigenvalue weighted by molar-refractivity contribution is -0.118. The van der Waals surface area contributed by atoms with Gasteiger partial charge < -0.3 is 21.5 Å². The fraction of sp³-hybridized carbons (Fsp3) is 0.182. The summed E-state index contributed by atoms with van der Waals surface area (Å²) in [7, 11) is 1.57. The Balaban J connectivity index is 2.45. The summed E-state index contributed by atoms with van der Waals surface area (Å²) in [5.41, 5.74) is 11.6. The van der Waals surface area contributed by atoms with E-state index in [4.69, 9.17) is 16.2 Å². The summed E-state index contributed by atoms with van der Waals surface area (Å²) >= 11 is 4.27. The van der Waals surface area contributed by atoms with Gasteiger partial charge in [0.1, 0.15) is 17.3 Å². The van der Waals surface area contributed by atoms with E-state index in [9.17, 15) is 4.79 Å². The normalized spacial score (nSPS) is 19.8. The molecule has 18 heavy (non-hydrogen) atoms. The zero-order valence-electron chi connectivity index (χ0n) is 9.75. The fourth-order valence-corrected chi connectivity index (χ4v) is 2.05. The van der Waals surface area contributed by atoms with E-state index >= 15 is 0 Å². The Morgan fingerprint density at radius 2 is 2.17 bits per heavy atom. The summed E-state index contributed by atoms with van der Waals surface area (Å²) in [5.74, 6) is 0.426. The maximum absolute atomic E-state index is 11.4. The Bertz CT molecular complexity index is 518. The minimum Gasteiger partial charge on any atom is -0.497 e. The van der Waals surface area contributed by atoms with Crippen LogP contribution in [0.2, 0.25) is 0 Å². The predicted octanol–water partition coefficient (Wildman–Crippen LogP) is -0.0687. The van der Waals surface area contributed by atoms with Crippen molar-refractivity contribution >= 4 is 24.2 Å². The molecule has 0 aliphatic carbocycles. The highest BCUT2D eigenvalue weighted by atomic mass is 32.1.